The highest BCUT2D eigenvalue weighted by Crippen LogP contribution is 2.10. The molecule has 1 aromatic rings. The molecule has 13 heavy (non-hydrogen) atoms. The molecule has 0 heterocycles. The lowest BCUT2D eigenvalue weighted by Crippen LogP contribution is -2.14. The van der Waals surface area contributed by atoms with Crippen LogP contribution in [0.25, 0.3) is 0 Å². The van der Waals surface area contributed by atoms with Crippen molar-refractivity contribution >= 4 is 0 Å². The van der Waals surface area contributed by atoms with Gasteiger partial charge in [0.2, 0.25) is 0 Å². The van der Waals surface area contributed by atoms with E-state index in [-0.39, 0.29) is 13.9 Å². The highest BCUT2D eigenvalue weighted by Gasteiger charge is 2.03. The zero-order valence-electron chi connectivity index (χ0n) is 8.00. The van der Waals surface area contributed by atoms with Crippen LogP contribution in [0.3, 0.4) is 0 Å². The molecule has 76 valence electrons. The lowest BCUT2D eigenvalue weighted by molar-refractivity contribution is 0.268. The Labute approximate surface area is 79.7 Å². The van der Waals surface area contributed by atoms with E-state index in [9.17, 15) is 4.39 Å². The molecule has 3 N–H and O–H groups in total. The number of hydrogen-bond acceptors (Lipinski definition) is 2. The molecular formula is C10H18FNO. The van der Waals surface area contributed by atoms with Crippen molar-refractivity contribution in [2.75, 3.05) is 6.61 Å². The fourth-order valence-corrected chi connectivity index (χ4v) is 0.843. The Bertz CT molecular complexity index is 245. The number of hydrogen-bond donors (Lipinski definition) is 2. The van der Waals surface area contributed by atoms with Crippen LogP contribution in [0.2, 0.25) is 0 Å². The Morgan fingerprint density at radius 1 is 1.54 bits per heavy atom. The summed E-state index contributed by atoms with van der Waals surface area (Å²) in [5.74, 6) is -0.327. The average Bonchev–Trinajstić information content (AvgIpc) is 2.20. The molecule has 0 amide bonds. The van der Waals surface area contributed by atoms with Gasteiger partial charge < -0.3 is 10.8 Å². The van der Waals surface area contributed by atoms with Crippen LogP contribution in [0.15, 0.2) is 24.3 Å². The highest BCUT2D eigenvalue weighted by atomic mass is 19.1. The summed E-state index contributed by atoms with van der Waals surface area (Å²) in [7, 11) is 0. The van der Waals surface area contributed by atoms with Gasteiger partial charge in [-0.25, -0.2) is 4.39 Å². The van der Waals surface area contributed by atoms with E-state index in [1.54, 1.807) is 12.1 Å². The Morgan fingerprint density at radius 2 is 2.15 bits per heavy atom. The quantitative estimate of drug-likeness (QED) is 0.744. The number of halogens is 1. The molecule has 0 aliphatic heterocycles. The Balaban J connectivity index is 0. The summed E-state index contributed by atoms with van der Waals surface area (Å²) in [5.41, 5.74) is 6.06. The van der Waals surface area contributed by atoms with Crippen molar-refractivity contribution in [1.82, 2.24) is 0 Å². The highest BCUT2D eigenvalue weighted by molar-refractivity contribution is 5.19. The average molecular weight is 187 g/mol. The van der Waals surface area contributed by atoms with E-state index >= 15 is 0 Å². The second-order valence-electron chi connectivity index (χ2n) is 2.34. The van der Waals surface area contributed by atoms with Gasteiger partial charge >= 0.3 is 0 Å². The minimum atomic E-state index is -0.481. The molecular weight excluding hydrogens is 169 g/mol. The SMILES string of the molecule is CC.NC(CO)c1cccc(F)c1.[HH]. The topological polar surface area (TPSA) is 46.2 Å². The van der Waals surface area contributed by atoms with E-state index in [0.717, 1.165) is 0 Å². The van der Waals surface area contributed by atoms with Gasteiger partial charge in [0.15, 0.2) is 0 Å². The lowest BCUT2D eigenvalue weighted by Gasteiger charge is -2.06. The molecule has 2 nitrogen and oxygen atoms in total. The maximum atomic E-state index is 12.5. The first-order valence-corrected chi connectivity index (χ1v) is 4.36. The van der Waals surface area contributed by atoms with Crippen molar-refractivity contribution in [2.24, 2.45) is 5.73 Å². The van der Waals surface area contributed by atoms with Crippen LogP contribution < -0.4 is 5.73 Å². The van der Waals surface area contributed by atoms with E-state index in [1.807, 2.05) is 13.8 Å². The minimum absolute atomic E-state index is 0. The van der Waals surface area contributed by atoms with E-state index < -0.39 is 6.04 Å². The molecule has 0 aliphatic carbocycles. The molecule has 0 bridgehead atoms. The maximum absolute atomic E-state index is 12.5. The standard InChI is InChI=1S/C8H10FNO.C2H6.H2/c9-7-3-1-2-6(4-7)8(10)5-11;1-2;/h1-4,8,11H,5,10H2;1-2H3;1H. The number of aliphatic hydroxyl groups excluding tert-OH is 1. The summed E-state index contributed by atoms with van der Waals surface area (Å²) < 4.78 is 12.5. The third kappa shape index (κ3) is 4.01. The molecule has 0 aliphatic rings. The Kier molecular flexibility index (Phi) is 6.10. The summed E-state index contributed by atoms with van der Waals surface area (Å²) in [5, 5.41) is 8.63. The number of rotatable bonds is 2. The Morgan fingerprint density at radius 3 is 2.62 bits per heavy atom. The van der Waals surface area contributed by atoms with Crippen LogP contribution in [0.1, 0.15) is 26.9 Å². The van der Waals surface area contributed by atoms with Crippen LogP contribution in [0, 0.1) is 5.82 Å². The summed E-state index contributed by atoms with van der Waals surface area (Å²) in [4.78, 5) is 0. The monoisotopic (exact) mass is 187 g/mol. The smallest absolute Gasteiger partial charge is 0.123 e. The molecule has 1 rings (SSSR count). The molecule has 1 aromatic carbocycles. The van der Waals surface area contributed by atoms with E-state index in [0.29, 0.717) is 5.56 Å². The molecule has 0 radical (unpaired) electrons. The predicted octanol–water partition coefficient (Wildman–Crippen LogP) is 2.09. The molecule has 0 saturated carbocycles. The van der Waals surface area contributed by atoms with Gasteiger partial charge in [-0.2, -0.15) is 0 Å². The van der Waals surface area contributed by atoms with E-state index in [1.165, 1.54) is 12.1 Å². The minimum Gasteiger partial charge on any atom is -0.394 e. The fraction of sp³-hybridized carbons (Fsp3) is 0.400. The van der Waals surface area contributed by atoms with Gasteiger partial charge in [0.05, 0.1) is 12.6 Å². The molecule has 1 unspecified atom stereocenters. The van der Waals surface area contributed by atoms with Gasteiger partial charge in [-0.15, -0.1) is 0 Å². The van der Waals surface area contributed by atoms with Crippen LogP contribution in [0.5, 0.6) is 0 Å². The van der Waals surface area contributed by atoms with Gasteiger partial charge in [-0.05, 0) is 17.7 Å². The molecule has 0 spiro atoms. The van der Waals surface area contributed by atoms with Gasteiger partial charge in [0, 0.05) is 1.43 Å². The van der Waals surface area contributed by atoms with Gasteiger partial charge in [0.25, 0.3) is 0 Å². The lowest BCUT2D eigenvalue weighted by atomic mass is 10.1. The first-order chi connectivity index (χ1) is 6.24. The van der Waals surface area contributed by atoms with Gasteiger partial charge in [0.1, 0.15) is 5.82 Å². The van der Waals surface area contributed by atoms with Crippen molar-refractivity contribution < 1.29 is 10.9 Å². The zero-order valence-corrected chi connectivity index (χ0v) is 8.00. The van der Waals surface area contributed by atoms with Crippen LogP contribution >= 0.6 is 0 Å². The summed E-state index contributed by atoms with van der Waals surface area (Å²) >= 11 is 0. The van der Waals surface area contributed by atoms with Crippen molar-refractivity contribution in [3.05, 3.63) is 35.6 Å². The van der Waals surface area contributed by atoms with Crippen LogP contribution in [-0.4, -0.2) is 11.7 Å². The number of benzene rings is 1. The fourth-order valence-electron chi connectivity index (χ4n) is 0.843. The van der Waals surface area contributed by atoms with Gasteiger partial charge in [-0.3, -0.25) is 0 Å². The first kappa shape index (κ1) is 12.1. The molecule has 3 heteroatoms. The maximum Gasteiger partial charge on any atom is 0.123 e. The van der Waals surface area contributed by atoms with E-state index in [4.69, 9.17) is 10.8 Å². The largest absolute Gasteiger partial charge is 0.394 e. The second-order valence-corrected chi connectivity index (χ2v) is 2.34. The van der Waals surface area contributed by atoms with Crippen LogP contribution in [-0.2, 0) is 0 Å². The number of nitrogens with two attached hydrogens (primary N) is 1. The summed E-state index contributed by atoms with van der Waals surface area (Å²) in [6, 6.07) is 5.43. The van der Waals surface area contributed by atoms with Crippen molar-refractivity contribution in [1.29, 1.82) is 0 Å². The molecule has 1 atom stereocenters. The van der Waals surface area contributed by atoms with E-state index in [2.05, 4.69) is 0 Å². The van der Waals surface area contributed by atoms with Gasteiger partial charge in [-0.1, -0.05) is 26.0 Å². The summed E-state index contributed by atoms with van der Waals surface area (Å²) in [6.07, 6.45) is 0. The van der Waals surface area contributed by atoms with Crippen molar-refractivity contribution in [2.45, 2.75) is 19.9 Å². The van der Waals surface area contributed by atoms with Crippen molar-refractivity contribution in [3.8, 4) is 0 Å². The Hall–Kier alpha value is -0.930. The predicted molar refractivity (Wildman–Crippen MR) is 53.9 cm³/mol. The molecule has 0 saturated heterocycles. The second kappa shape index (κ2) is 6.57. The zero-order chi connectivity index (χ0) is 10.3. The molecule has 0 aromatic heterocycles. The first-order valence-electron chi connectivity index (χ1n) is 4.36. The van der Waals surface area contributed by atoms with Crippen molar-refractivity contribution in [3.63, 3.8) is 0 Å². The third-order valence-corrected chi connectivity index (χ3v) is 1.47. The number of aliphatic hydroxyl groups is 1. The van der Waals surface area contributed by atoms with Crippen LogP contribution in [0.4, 0.5) is 4.39 Å². The molecule has 0 fully saturated rings. The normalized spacial score (nSPS) is 11.5. The third-order valence-electron chi connectivity index (χ3n) is 1.47. The summed E-state index contributed by atoms with van der Waals surface area (Å²) in [6.45, 7) is 3.84.